The summed E-state index contributed by atoms with van der Waals surface area (Å²) in [5, 5.41) is 4.13. The van der Waals surface area contributed by atoms with Crippen molar-refractivity contribution in [2.45, 2.75) is 6.92 Å². The van der Waals surface area contributed by atoms with E-state index in [0.29, 0.717) is 0 Å². The van der Waals surface area contributed by atoms with Crippen LogP contribution in [0.15, 0.2) is 19.2 Å². The molecule has 0 spiro atoms. The molecule has 0 atom stereocenters. The van der Waals surface area contributed by atoms with Crippen LogP contribution in [0, 0.1) is 6.92 Å². The second-order valence-corrected chi connectivity index (χ2v) is 2.04. The fourth-order valence-corrected chi connectivity index (χ4v) is 0.835. The van der Waals surface area contributed by atoms with E-state index < -0.39 is 0 Å². The van der Waals surface area contributed by atoms with E-state index in [0.717, 1.165) is 11.4 Å². The van der Waals surface area contributed by atoms with Crippen molar-refractivity contribution in [3.05, 3.63) is 30.6 Å². The lowest BCUT2D eigenvalue weighted by Gasteiger charge is -1.91. The number of hydrogen-bond donors (Lipinski definition) is 0. The lowest BCUT2D eigenvalue weighted by atomic mass is 10.4. The molecule has 10 heavy (non-hydrogen) atoms. The third-order valence-electron chi connectivity index (χ3n) is 1.27. The third-order valence-corrected chi connectivity index (χ3v) is 1.27. The van der Waals surface area contributed by atoms with Gasteiger partial charge in [-0.2, -0.15) is 5.10 Å². The van der Waals surface area contributed by atoms with Crippen LogP contribution in [0.25, 0.3) is 12.3 Å². The molecule has 0 amide bonds. The highest BCUT2D eigenvalue weighted by molar-refractivity contribution is 5.46. The highest BCUT2D eigenvalue weighted by Gasteiger charge is 1.95. The average molecular weight is 134 g/mol. The highest BCUT2D eigenvalue weighted by Crippen LogP contribution is 2.04. The molecular weight excluding hydrogens is 124 g/mol. The molecule has 52 valence electrons. The van der Waals surface area contributed by atoms with Gasteiger partial charge in [0.15, 0.2) is 0 Å². The summed E-state index contributed by atoms with van der Waals surface area (Å²) < 4.78 is 1.70. The van der Waals surface area contributed by atoms with E-state index in [2.05, 4.69) is 18.3 Å². The van der Waals surface area contributed by atoms with Gasteiger partial charge in [0.1, 0.15) is 0 Å². The molecule has 0 saturated carbocycles. The van der Waals surface area contributed by atoms with Gasteiger partial charge in [0, 0.05) is 6.20 Å². The first-order valence-electron chi connectivity index (χ1n) is 3.09. The van der Waals surface area contributed by atoms with Crippen LogP contribution in [0.4, 0.5) is 0 Å². The van der Waals surface area contributed by atoms with Crippen molar-refractivity contribution >= 4 is 12.3 Å². The summed E-state index contributed by atoms with van der Waals surface area (Å²) in [6.07, 6.45) is 3.41. The Hall–Kier alpha value is -1.31. The maximum absolute atomic E-state index is 4.13. The van der Waals surface area contributed by atoms with Gasteiger partial charge in [-0.25, -0.2) is 4.68 Å². The number of nitrogens with zero attached hydrogens (tertiary/aromatic N) is 2. The van der Waals surface area contributed by atoms with Crippen molar-refractivity contribution in [1.82, 2.24) is 9.78 Å². The topological polar surface area (TPSA) is 17.8 Å². The van der Waals surface area contributed by atoms with Crippen LogP contribution in [0.3, 0.4) is 0 Å². The molecule has 1 heterocycles. The molecule has 1 aromatic rings. The van der Waals surface area contributed by atoms with Crippen LogP contribution < -0.4 is 0 Å². The smallest absolute Gasteiger partial charge is 0.0658 e. The van der Waals surface area contributed by atoms with E-state index in [-0.39, 0.29) is 0 Å². The van der Waals surface area contributed by atoms with Gasteiger partial charge in [-0.3, -0.25) is 0 Å². The zero-order valence-electron chi connectivity index (χ0n) is 6.04. The lowest BCUT2D eigenvalue weighted by molar-refractivity contribution is 0.905. The van der Waals surface area contributed by atoms with Crippen molar-refractivity contribution in [3.63, 3.8) is 0 Å². The third kappa shape index (κ3) is 1.00. The molecule has 0 aliphatic carbocycles. The molecular formula is C8H10N2. The van der Waals surface area contributed by atoms with Crippen LogP contribution in [0.5, 0.6) is 0 Å². The normalized spacial score (nSPS) is 9.30. The molecule has 1 rings (SSSR count). The summed E-state index contributed by atoms with van der Waals surface area (Å²) in [6.45, 7) is 9.19. The van der Waals surface area contributed by atoms with Gasteiger partial charge in [-0.15, -0.1) is 0 Å². The summed E-state index contributed by atoms with van der Waals surface area (Å²) >= 11 is 0. The monoisotopic (exact) mass is 134 g/mol. The summed E-state index contributed by atoms with van der Waals surface area (Å²) in [6, 6.07) is 1.95. The Morgan fingerprint density at radius 2 is 2.30 bits per heavy atom. The first-order chi connectivity index (χ1) is 4.77. The molecule has 0 aromatic carbocycles. The van der Waals surface area contributed by atoms with Crippen LogP contribution in [0.2, 0.25) is 0 Å². The fraction of sp³-hybridized carbons (Fsp3) is 0.125. The second kappa shape index (κ2) is 2.52. The van der Waals surface area contributed by atoms with E-state index in [1.54, 1.807) is 17.0 Å². The quantitative estimate of drug-likeness (QED) is 0.604. The van der Waals surface area contributed by atoms with Gasteiger partial charge >= 0.3 is 0 Å². The first-order valence-corrected chi connectivity index (χ1v) is 3.09. The minimum absolute atomic E-state index is 0.979. The molecule has 0 fully saturated rings. The minimum atomic E-state index is 0.979. The van der Waals surface area contributed by atoms with Crippen molar-refractivity contribution < 1.29 is 0 Å². The van der Waals surface area contributed by atoms with Crippen molar-refractivity contribution in [1.29, 1.82) is 0 Å². The molecule has 0 aliphatic heterocycles. The van der Waals surface area contributed by atoms with Crippen molar-refractivity contribution in [2.75, 3.05) is 0 Å². The summed E-state index contributed by atoms with van der Waals surface area (Å²) in [5.74, 6) is 0. The van der Waals surface area contributed by atoms with Gasteiger partial charge in [0.05, 0.1) is 11.4 Å². The van der Waals surface area contributed by atoms with Crippen LogP contribution in [-0.4, -0.2) is 9.78 Å². The minimum Gasteiger partial charge on any atom is -0.241 e. The van der Waals surface area contributed by atoms with Crippen LogP contribution >= 0.6 is 0 Å². The van der Waals surface area contributed by atoms with Gasteiger partial charge in [-0.05, 0) is 19.1 Å². The van der Waals surface area contributed by atoms with Gasteiger partial charge < -0.3 is 0 Å². The second-order valence-electron chi connectivity index (χ2n) is 2.04. The number of aromatic nitrogens is 2. The van der Waals surface area contributed by atoms with E-state index >= 15 is 0 Å². The first kappa shape index (κ1) is 6.81. The largest absolute Gasteiger partial charge is 0.241 e. The summed E-state index contributed by atoms with van der Waals surface area (Å²) in [7, 11) is 0. The highest BCUT2D eigenvalue weighted by atomic mass is 15.3. The lowest BCUT2D eigenvalue weighted by Crippen LogP contribution is -1.89. The molecule has 2 nitrogen and oxygen atoms in total. The predicted molar refractivity (Wildman–Crippen MR) is 43.4 cm³/mol. The molecule has 0 unspecified atom stereocenters. The summed E-state index contributed by atoms with van der Waals surface area (Å²) in [4.78, 5) is 0. The molecule has 0 aliphatic rings. The SMILES string of the molecule is C=Cc1cc(C)nn1C=C. The van der Waals surface area contributed by atoms with E-state index in [1.807, 2.05) is 13.0 Å². The van der Waals surface area contributed by atoms with Gasteiger partial charge in [-0.1, -0.05) is 13.2 Å². The van der Waals surface area contributed by atoms with E-state index in [4.69, 9.17) is 0 Å². The Labute approximate surface area is 60.5 Å². The Bertz CT molecular complexity index is 233. The summed E-state index contributed by atoms with van der Waals surface area (Å²) in [5.41, 5.74) is 1.96. The molecule has 0 radical (unpaired) electrons. The Balaban J connectivity index is 3.20. The Morgan fingerprint density at radius 1 is 1.60 bits per heavy atom. The Kier molecular flexibility index (Phi) is 1.71. The standard InChI is InChI=1S/C8H10N2/c1-4-8-6-7(3)9-10(8)5-2/h4-6H,1-2H2,3H3. The molecule has 0 saturated heterocycles. The number of aryl methyl sites for hydroxylation is 1. The number of hydrogen-bond acceptors (Lipinski definition) is 1. The molecule has 0 N–H and O–H groups in total. The number of rotatable bonds is 2. The molecule has 2 heteroatoms. The predicted octanol–water partition coefficient (Wildman–Crippen LogP) is 1.94. The molecule has 0 bridgehead atoms. The maximum atomic E-state index is 4.13. The van der Waals surface area contributed by atoms with Gasteiger partial charge in [0.2, 0.25) is 0 Å². The maximum Gasteiger partial charge on any atom is 0.0658 e. The van der Waals surface area contributed by atoms with Crippen LogP contribution in [-0.2, 0) is 0 Å². The van der Waals surface area contributed by atoms with E-state index in [1.165, 1.54) is 0 Å². The zero-order chi connectivity index (χ0) is 7.56. The zero-order valence-corrected chi connectivity index (χ0v) is 6.04. The van der Waals surface area contributed by atoms with Crippen molar-refractivity contribution in [3.8, 4) is 0 Å². The molecule has 1 aromatic heterocycles. The van der Waals surface area contributed by atoms with E-state index in [9.17, 15) is 0 Å². The Morgan fingerprint density at radius 3 is 2.70 bits per heavy atom. The average Bonchev–Trinajstić information content (AvgIpc) is 2.30. The van der Waals surface area contributed by atoms with Crippen molar-refractivity contribution in [2.24, 2.45) is 0 Å². The fourth-order valence-electron chi connectivity index (χ4n) is 0.835. The van der Waals surface area contributed by atoms with Gasteiger partial charge in [0.25, 0.3) is 0 Å². The van der Waals surface area contributed by atoms with Crippen LogP contribution in [0.1, 0.15) is 11.4 Å².